The molecule has 1 heterocycles. The van der Waals surface area contributed by atoms with Crippen molar-refractivity contribution in [2.75, 3.05) is 0 Å². The predicted molar refractivity (Wildman–Crippen MR) is 64.4 cm³/mol. The summed E-state index contributed by atoms with van der Waals surface area (Å²) < 4.78 is 40.0. The fraction of sp³-hybridized carbons (Fsp3) is 0.143. The van der Waals surface area contributed by atoms with Crippen LogP contribution >= 0.6 is 11.6 Å². The highest BCUT2D eigenvalue weighted by Crippen LogP contribution is 2.53. The zero-order valence-electron chi connectivity index (χ0n) is 10.2. The first-order chi connectivity index (χ1) is 9.02. The second kappa shape index (κ2) is 4.34. The standard InChI is InChI=1S/C14H9ClF2O/c15-11-4-2-1-3-9(11)13-14(18-13)10-6-5-8(16)7-12(10)17/h1-7,13-14H/i14D. The molecule has 1 aliphatic heterocycles. The highest BCUT2D eigenvalue weighted by Gasteiger charge is 2.43. The van der Waals surface area contributed by atoms with Gasteiger partial charge in [0.05, 0.1) is 1.37 Å². The molecule has 3 rings (SSSR count). The van der Waals surface area contributed by atoms with Gasteiger partial charge in [0, 0.05) is 22.2 Å². The molecular weight excluding hydrogens is 258 g/mol. The third-order valence-corrected chi connectivity index (χ3v) is 3.15. The maximum Gasteiger partial charge on any atom is 0.132 e. The van der Waals surface area contributed by atoms with E-state index in [9.17, 15) is 8.78 Å². The number of ether oxygens (including phenoxy) is 1. The third kappa shape index (κ3) is 2.00. The van der Waals surface area contributed by atoms with Crippen molar-refractivity contribution in [1.82, 2.24) is 0 Å². The highest BCUT2D eigenvalue weighted by atomic mass is 35.5. The molecule has 92 valence electrons. The Morgan fingerprint density at radius 1 is 1.11 bits per heavy atom. The van der Waals surface area contributed by atoms with E-state index in [2.05, 4.69) is 0 Å². The second-order valence-electron chi connectivity index (χ2n) is 4.01. The van der Waals surface area contributed by atoms with Crippen LogP contribution < -0.4 is 0 Å². The van der Waals surface area contributed by atoms with Crippen molar-refractivity contribution in [3.05, 3.63) is 70.2 Å². The van der Waals surface area contributed by atoms with E-state index in [1.54, 1.807) is 24.3 Å². The largest absolute Gasteiger partial charge is 0.359 e. The van der Waals surface area contributed by atoms with Crippen LogP contribution in [0, 0.1) is 11.6 Å². The topological polar surface area (TPSA) is 12.5 Å². The zero-order chi connectivity index (χ0) is 13.6. The van der Waals surface area contributed by atoms with Crippen LogP contribution in [-0.2, 0) is 4.74 Å². The summed E-state index contributed by atoms with van der Waals surface area (Å²) in [5.74, 6) is -1.47. The molecule has 1 nitrogen and oxygen atoms in total. The molecule has 2 unspecified atom stereocenters. The van der Waals surface area contributed by atoms with Gasteiger partial charge in [0.2, 0.25) is 0 Å². The Kier molecular flexibility index (Phi) is 2.52. The van der Waals surface area contributed by atoms with Crippen molar-refractivity contribution in [2.45, 2.75) is 12.2 Å². The Hall–Kier alpha value is -1.45. The third-order valence-electron chi connectivity index (χ3n) is 2.81. The van der Waals surface area contributed by atoms with E-state index in [0.717, 1.165) is 12.1 Å². The molecule has 0 aliphatic carbocycles. The molecule has 0 radical (unpaired) electrons. The second-order valence-corrected chi connectivity index (χ2v) is 4.42. The number of benzene rings is 2. The van der Waals surface area contributed by atoms with Crippen molar-refractivity contribution in [2.24, 2.45) is 0 Å². The fourth-order valence-corrected chi connectivity index (χ4v) is 2.11. The Labute approximate surface area is 109 Å². The average Bonchev–Trinajstić information content (AvgIpc) is 3.02. The zero-order valence-corrected chi connectivity index (χ0v) is 9.92. The minimum absolute atomic E-state index is 0.0128. The van der Waals surface area contributed by atoms with Gasteiger partial charge in [-0.15, -0.1) is 0 Å². The van der Waals surface area contributed by atoms with E-state index >= 15 is 0 Å². The van der Waals surface area contributed by atoms with Gasteiger partial charge in [-0.25, -0.2) is 8.78 Å². The van der Waals surface area contributed by atoms with Gasteiger partial charge in [0.1, 0.15) is 23.8 Å². The Morgan fingerprint density at radius 2 is 1.89 bits per heavy atom. The maximum absolute atomic E-state index is 13.7. The Balaban J connectivity index is 1.98. The Bertz CT molecular complexity index is 649. The van der Waals surface area contributed by atoms with E-state index in [0.29, 0.717) is 10.6 Å². The summed E-state index contributed by atoms with van der Waals surface area (Å²) in [6, 6.07) is 10.0. The van der Waals surface area contributed by atoms with Gasteiger partial charge in [0.15, 0.2) is 0 Å². The lowest BCUT2D eigenvalue weighted by atomic mass is 10.0. The molecule has 1 aliphatic rings. The van der Waals surface area contributed by atoms with Crippen LogP contribution in [0.5, 0.6) is 0 Å². The quantitative estimate of drug-likeness (QED) is 0.733. The van der Waals surface area contributed by atoms with E-state index in [1.165, 1.54) is 6.07 Å². The van der Waals surface area contributed by atoms with Crippen molar-refractivity contribution >= 4 is 11.6 Å². The van der Waals surface area contributed by atoms with Gasteiger partial charge in [-0.2, -0.15) is 0 Å². The molecule has 0 N–H and O–H groups in total. The number of epoxide rings is 1. The molecule has 2 atom stereocenters. The van der Waals surface area contributed by atoms with Crippen molar-refractivity contribution < 1.29 is 14.9 Å². The number of hydrogen-bond donors (Lipinski definition) is 0. The molecule has 1 saturated heterocycles. The summed E-state index contributed by atoms with van der Waals surface area (Å²) in [6.07, 6.45) is -2.18. The number of rotatable bonds is 2. The smallest absolute Gasteiger partial charge is 0.132 e. The van der Waals surface area contributed by atoms with Crippen molar-refractivity contribution in [1.29, 1.82) is 0 Å². The molecule has 0 aromatic heterocycles. The molecule has 0 bridgehead atoms. The first kappa shape index (κ1) is 10.5. The Morgan fingerprint density at radius 3 is 2.61 bits per heavy atom. The molecule has 0 saturated carbocycles. The van der Waals surface area contributed by atoms with Gasteiger partial charge in [0.25, 0.3) is 0 Å². The normalized spacial score (nSPS) is 26.8. The minimum Gasteiger partial charge on any atom is -0.359 e. The van der Waals surface area contributed by atoms with Crippen LogP contribution in [0.2, 0.25) is 5.02 Å². The van der Waals surface area contributed by atoms with Crippen molar-refractivity contribution in [3.63, 3.8) is 0 Å². The molecule has 4 heteroatoms. The van der Waals surface area contributed by atoms with Crippen LogP contribution in [0.4, 0.5) is 8.78 Å². The van der Waals surface area contributed by atoms with Gasteiger partial charge >= 0.3 is 0 Å². The van der Waals surface area contributed by atoms with Gasteiger partial charge in [-0.3, -0.25) is 0 Å². The summed E-state index contributed by atoms with van der Waals surface area (Å²) in [5.41, 5.74) is 0.640. The summed E-state index contributed by atoms with van der Waals surface area (Å²) in [7, 11) is 0. The predicted octanol–water partition coefficient (Wildman–Crippen LogP) is 4.43. The molecule has 2 aromatic rings. The van der Waals surface area contributed by atoms with Gasteiger partial charge in [-0.05, 0) is 12.1 Å². The summed E-state index contributed by atoms with van der Waals surface area (Å²) in [4.78, 5) is 0. The first-order valence-electron chi connectivity index (χ1n) is 5.90. The van der Waals surface area contributed by atoms with Crippen LogP contribution in [-0.4, -0.2) is 0 Å². The average molecular weight is 268 g/mol. The monoisotopic (exact) mass is 267 g/mol. The fourth-order valence-electron chi connectivity index (χ4n) is 1.88. The van der Waals surface area contributed by atoms with Crippen LogP contribution in [0.25, 0.3) is 0 Å². The molecular formula is C14H9ClF2O. The lowest BCUT2D eigenvalue weighted by Crippen LogP contribution is -1.91. The molecule has 2 aromatic carbocycles. The molecule has 1 fully saturated rings. The molecule has 0 spiro atoms. The maximum atomic E-state index is 13.7. The lowest BCUT2D eigenvalue weighted by Gasteiger charge is -2.01. The van der Waals surface area contributed by atoms with E-state index in [1.807, 2.05) is 0 Å². The van der Waals surface area contributed by atoms with Gasteiger partial charge in [-0.1, -0.05) is 35.9 Å². The number of hydrogen-bond acceptors (Lipinski definition) is 1. The van der Waals surface area contributed by atoms with Crippen LogP contribution in [0.1, 0.15) is 24.7 Å². The summed E-state index contributed by atoms with van der Waals surface area (Å²) in [5, 5.41) is 0.462. The first-order valence-corrected chi connectivity index (χ1v) is 5.78. The van der Waals surface area contributed by atoms with Crippen LogP contribution in [0.15, 0.2) is 42.5 Å². The summed E-state index contributed by atoms with van der Waals surface area (Å²) >= 11 is 6.02. The van der Waals surface area contributed by atoms with E-state index < -0.39 is 23.8 Å². The molecule has 0 amide bonds. The van der Waals surface area contributed by atoms with Crippen molar-refractivity contribution in [3.8, 4) is 0 Å². The van der Waals surface area contributed by atoms with E-state index in [4.69, 9.17) is 17.7 Å². The molecule has 18 heavy (non-hydrogen) atoms. The SMILES string of the molecule is [2H]C1(c2ccc(F)cc2F)OC1c1ccccc1Cl. The van der Waals surface area contributed by atoms with E-state index in [-0.39, 0.29) is 5.56 Å². The van der Waals surface area contributed by atoms with Gasteiger partial charge < -0.3 is 4.74 Å². The summed E-state index contributed by atoms with van der Waals surface area (Å²) in [6.45, 7) is 0. The minimum atomic E-state index is -1.54. The van der Waals surface area contributed by atoms with Crippen LogP contribution in [0.3, 0.4) is 0 Å². The number of halogens is 3. The lowest BCUT2D eigenvalue weighted by molar-refractivity contribution is 0.373. The highest BCUT2D eigenvalue weighted by molar-refractivity contribution is 6.31.